The predicted molar refractivity (Wildman–Crippen MR) is 109 cm³/mol. The molecule has 162 valence electrons. The summed E-state index contributed by atoms with van der Waals surface area (Å²) in [6.45, 7) is 7.39. The predicted octanol–water partition coefficient (Wildman–Crippen LogP) is 3.39. The number of aromatic amines is 1. The molecule has 0 atom stereocenters. The zero-order valence-electron chi connectivity index (χ0n) is 17.9. The zero-order chi connectivity index (χ0) is 22.3. The highest BCUT2D eigenvalue weighted by atomic mass is 16.5. The molecule has 0 aliphatic rings. The van der Waals surface area contributed by atoms with Gasteiger partial charge in [0, 0.05) is 23.6 Å². The Morgan fingerprint density at radius 3 is 2.27 bits per heavy atom. The summed E-state index contributed by atoms with van der Waals surface area (Å²) in [7, 11) is 1.53. The second kappa shape index (κ2) is 10.6. The van der Waals surface area contributed by atoms with Crippen LogP contribution in [0.15, 0.2) is 18.2 Å². The number of ketones is 1. The smallest absolute Gasteiger partial charge is 0.340 e. The van der Waals surface area contributed by atoms with E-state index in [1.54, 1.807) is 39.0 Å². The van der Waals surface area contributed by atoms with E-state index in [9.17, 15) is 14.4 Å². The van der Waals surface area contributed by atoms with E-state index in [0.29, 0.717) is 29.3 Å². The van der Waals surface area contributed by atoms with Gasteiger partial charge in [-0.15, -0.1) is 0 Å². The minimum Gasteiger partial charge on any atom is -0.496 e. The molecule has 1 aromatic carbocycles. The third-order valence-corrected chi connectivity index (χ3v) is 4.45. The summed E-state index contributed by atoms with van der Waals surface area (Å²) in [4.78, 5) is 40.4. The number of carbonyl (C=O) groups excluding carboxylic acids is 3. The summed E-state index contributed by atoms with van der Waals surface area (Å²) in [5.41, 5.74) is 2.34. The fourth-order valence-electron chi connectivity index (χ4n) is 3.11. The van der Waals surface area contributed by atoms with Gasteiger partial charge >= 0.3 is 11.9 Å². The van der Waals surface area contributed by atoms with Crippen LogP contribution < -0.4 is 4.74 Å². The molecule has 1 heterocycles. The van der Waals surface area contributed by atoms with Crippen LogP contribution in [-0.4, -0.2) is 49.6 Å². The maximum Gasteiger partial charge on any atom is 0.340 e. The number of H-pyrrole nitrogens is 1. The van der Waals surface area contributed by atoms with Crippen molar-refractivity contribution < 1.29 is 33.3 Å². The van der Waals surface area contributed by atoms with E-state index in [4.69, 9.17) is 18.9 Å². The van der Waals surface area contributed by atoms with Crippen molar-refractivity contribution in [3.05, 3.63) is 51.8 Å². The van der Waals surface area contributed by atoms with Gasteiger partial charge in [-0.1, -0.05) is 0 Å². The lowest BCUT2D eigenvalue weighted by Gasteiger charge is -2.11. The molecule has 2 rings (SSSR count). The highest BCUT2D eigenvalue weighted by Crippen LogP contribution is 2.23. The molecule has 30 heavy (non-hydrogen) atoms. The van der Waals surface area contributed by atoms with Gasteiger partial charge in [0.2, 0.25) is 5.78 Å². The number of Topliss-reactive ketones (excluding diaryl/α,β-unsaturated/α-hetero) is 1. The standard InChI is InChI=1S/C22H27NO7/c1-6-28-11-16-10-15(8-9-18(16)27-5)21(25)30-12-17(24)19-13(3)23-14(4)20(19)22(26)29-7-2/h8-10,23H,6-7,11-12H2,1-5H3. The van der Waals surface area contributed by atoms with Crippen LogP contribution in [0.4, 0.5) is 0 Å². The molecule has 1 N–H and O–H groups in total. The first-order valence-electron chi connectivity index (χ1n) is 9.65. The lowest BCUT2D eigenvalue weighted by molar-refractivity contribution is 0.0471. The van der Waals surface area contributed by atoms with Crippen LogP contribution in [0, 0.1) is 13.8 Å². The Balaban J connectivity index is 2.15. The Hall–Kier alpha value is -3.13. The van der Waals surface area contributed by atoms with E-state index < -0.39 is 24.3 Å². The van der Waals surface area contributed by atoms with Crippen LogP contribution in [0.2, 0.25) is 0 Å². The molecular formula is C22H27NO7. The number of esters is 2. The lowest BCUT2D eigenvalue weighted by Crippen LogP contribution is -2.18. The highest BCUT2D eigenvalue weighted by Gasteiger charge is 2.26. The number of rotatable bonds is 10. The van der Waals surface area contributed by atoms with Crippen molar-refractivity contribution in [2.24, 2.45) is 0 Å². The van der Waals surface area contributed by atoms with Crippen LogP contribution in [-0.2, 0) is 20.8 Å². The largest absolute Gasteiger partial charge is 0.496 e. The van der Waals surface area contributed by atoms with E-state index in [-0.39, 0.29) is 29.9 Å². The normalized spacial score (nSPS) is 10.6. The molecule has 0 fully saturated rings. The van der Waals surface area contributed by atoms with E-state index in [0.717, 1.165) is 0 Å². The molecular weight excluding hydrogens is 390 g/mol. The van der Waals surface area contributed by atoms with Crippen LogP contribution in [0.3, 0.4) is 0 Å². The number of methoxy groups -OCH3 is 1. The highest BCUT2D eigenvalue weighted by molar-refractivity contribution is 6.09. The van der Waals surface area contributed by atoms with Gasteiger partial charge in [-0.2, -0.15) is 0 Å². The summed E-state index contributed by atoms with van der Waals surface area (Å²) in [6, 6.07) is 4.80. The summed E-state index contributed by atoms with van der Waals surface area (Å²) in [6.07, 6.45) is 0. The Labute approximate surface area is 175 Å². The fourth-order valence-corrected chi connectivity index (χ4v) is 3.11. The van der Waals surface area contributed by atoms with Gasteiger partial charge in [0.25, 0.3) is 0 Å². The average molecular weight is 417 g/mol. The van der Waals surface area contributed by atoms with Crippen LogP contribution in [0.25, 0.3) is 0 Å². The second-order valence-corrected chi connectivity index (χ2v) is 6.51. The SMILES string of the molecule is CCOCc1cc(C(=O)OCC(=O)c2c(C)[nH]c(C)c2C(=O)OCC)ccc1OC. The van der Waals surface area contributed by atoms with Crippen molar-refractivity contribution in [2.45, 2.75) is 34.3 Å². The van der Waals surface area contributed by atoms with Crippen molar-refractivity contribution in [3.8, 4) is 5.75 Å². The number of aryl methyl sites for hydroxylation is 2. The molecule has 0 aliphatic carbocycles. The molecule has 8 heteroatoms. The van der Waals surface area contributed by atoms with Gasteiger partial charge < -0.3 is 23.9 Å². The van der Waals surface area contributed by atoms with E-state index >= 15 is 0 Å². The minimum absolute atomic E-state index is 0.166. The van der Waals surface area contributed by atoms with Gasteiger partial charge in [-0.3, -0.25) is 4.79 Å². The van der Waals surface area contributed by atoms with Crippen LogP contribution in [0.1, 0.15) is 61.9 Å². The quantitative estimate of drug-likeness (QED) is 0.467. The van der Waals surface area contributed by atoms with E-state index in [1.165, 1.54) is 7.11 Å². The van der Waals surface area contributed by atoms with Crippen molar-refractivity contribution >= 4 is 17.7 Å². The van der Waals surface area contributed by atoms with Crippen LogP contribution >= 0.6 is 0 Å². The summed E-state index contributed by atoms with van der Waals surface area (Å²) >= 11 is 0. The zero-order valence-corrected chi connectivity index (χ0v) is 17.9. The van der Waals surface area contributed by atoms with Gasteiger partial charge in [-0.05, 0) is 45.9 Å². The molecule has 0 amide bonds. The van der Waals surface area contributed by atoms with Crippen molar-refractivity contribution in [2.75, 3.05) is 26.9 Å². The number of ether oxygens (including phenoxy) is 4. The molecule has 0 bridgehead atoms. The second-order valence-electron chi connectivity index (χ2n) is 6.51. The fraction of sp³-hybridized carbons (Fsp3) is 0.409. The van der Waals surface area contributed by atoms with Gasteiger partial charge in [0.05, 0.1) is 37.0 Å². The van der Waals surface area contributed by atoms with Gasteiger partial charge in [-0.25, -0.2) is 9.59 Å². The lowest BCUT2D eigenvalue weighted by atomic mass is 10.1. The molecule has 0 aliphatic heterocycles. The average Bonchev–Trinajstić information content (AvgIpc) is 3.03. The number of aromatic nitrogens is 1. The topological polar surface area (TPSA) is 104 Å². The Morgan fingerprint density at radius 2 is 1.63 bits per heavy atom. The van der Waals surface area contributed by atoms with E-state index in [2.05, 4.69) is 4.98 Å². The first-order valence-corrected chi connectivity index (χ1v) is 9.65. The maximum atomic E-state index is 12.7. The number of hydrogen-bond donors (Lipinski definition) is 1. The summed E-state index contributed by atoms with van der Waals surface area (Å²) in [5, 5.41) is 0. The van der Waals surface area contributed by atoms with Gasteiger partial charge in [0.1, 0.15) is 5.75 Å². The molecule has 0 saturated carbocycles. The van der Waals surface area contributed by atoms with Crippen molar-refractivity contribution in [1.82, 2.24) is 4.98 Å². The molecule has 2 aromatic rings. The Bertz CT molecular complexity index is 930. The maximum absolute atomic E-state index is 12.7. The minimum atomic E-state index is -0.661. The first-order chi connectivity index (χ1) is 14.3. The molecule has 0 radical (unpaired) electrons. The molecule has 8 nitrogen and oxygen atoms in total. The number of hydrogen-bond acceptors (Lipinski definition) is 7. The molecule has 1 aromatic heterocycles. The van der Waals surface area contributed by atoms with E-state index in [1.807, 2.05) is 6.92 Å². The monoisotopic (exact) mass is 417 g/mol. The third-order valence-electron chi connectivity index (χ3n) is 4.45. The number of carbonyl (C=O) groups is 3. The van der Waals surface area contributed by atoms with Crippen molar-refractivity contribution in [1.29, 1.82) is 0 Å². The molecule has 0 spiro atoms. The third kappa shape index (κ3) is 5.27. The first kappa shape index (κ1) is 23.2. The van der Waals surface area contributed by atoms with Crippen LogP contribution in [0.5, 0.6) is 5.75 Å². The summed E-state index contributed by atoms with van der Waals surface area (Å²) < 4.78 is 20.9. The Kier molecular flexibility index (Phi) is 8.17. The Morgan fingerprint density at radius 1 is 0.933 bits per heavy atom. The molecule has 0 saturated heterocycles. The number of benzene rings is 1. The molecule has 0 unspecified atom stereocenters. The summed E-state index contributed by atoms with van der Waals surface area (Å²) in [5.74, 6) is -1.15. The van der Waals surface area contributed by atoms with Crippen molar-refractivity contribution in [3.63, 3.8) is 0 Å². The number of nitrogens with one attached hydrogen (secondary N) is 1. The van der Waals surface area contributed by atoms with Gasteiger partial charge in [0.15, 0.2) is 6.61 Å².